The quantitative estimate of drug-likeness (QED) is 0.588. The highest BCUT2D eigenvalue weighted by Crippen LogP contribution is 2.20. The lowest BCUT2D eigenvalue weighted by atomic mass is 10.2. The van der Waals surface area contributed by atoms with Crippen molar-refractivity contribution in [2.24, 2.45) is 0 Å². The summed E-state index contributed by atoms with van der Waals surface area (Å²) in [5, 5.41) is 5.59. The van der Waals surface area contributed by atoms with Crippen LogP contribution in [0.5, 0.6) is 0 Å². The highest BCUT2D eigenvalue weighted by molar-refractivity contribution is 7.14. The molecule has 0 saturated carbocycles. The van der Waals surface area contributed by atoms with Crippen LogP contribution in [-0.2, 0) is 4.79 Å². The number of Topliss-reactive ketones (excluding diaryl/α,β-unsaturated/α-hetero) is 1. The number of fused-ring (bicyclic) bond motifs is 1. The van der Waals surface area contributed by atoms with E-state index in [2.05, 4.69) is 10.3 Å². The maximum absolute atomic E-state index is 11.8. The van der Waals surface area contributed by atoms with Crippen LogP contribution in [0.1, 0.15) is 23.2 Å². The first kappa shape index (κ1) is 14.2. The van der Waals surface area contributed by atoms with Crippen LogP contribution in [0.3, 0.4) is 0 Å². The van der Waals surface area contributed by atoms with Gasteiger partial charge in [-0.1, -0.05) is 18.2 Å². The van der Waals surface area contributed by atoms with Gasteiger partial charge in [-0.25, -0.2) is 4.98 Å². The molecule has 6 heteroatoms. The van der Waals surface area contributed by atoms with Gasteiger partial charge in [0.2, 0.25) is 5.91 Å². The molecule has 2 aromatic heterocycles. The summed E-state index contributed by atoms with van der Waals surface area (Å²) in [6.45, 7) is 1.43. The van der Waals surface area contributed by atoms with Gasteiger partial charge in [-0.3, -0.25) is 14.9 Å². The van der Waals surface area contributed by atoms with E-state index in [0.29, 0.717) is 16.6 Å². The summed E-state index contributed by atoms with van der Waals surface area (Å²) in [6.07, 6.45) is 2.96. The van der Waals surface area contributed by atoms with E-state index in [1.54, 1.807) is 11.5 Å². The smallest absolute Gasteiger partial charge is 0.250 e. The molecule has 0 unspecified atom stereocenters. The molecule has 1 N–H and O–H groups in total. The van der Waals surface area contributed by atoms with E-state index in [1.165, 1.54) is 24.3 Å². The van der Waals surface area contributed by atoms with Crippen LogP contribution >= 0.6 is 11.3 Å². The number of hydrogen-bond donors (Lipinski definition) is 1. The standard InChI is InChI=1S/C16H12N2O3S/c1-10(19)13-9-22-16(17-13)18-15(20)7-6-12-8-11-4-2-3-5-14(11)21-12/h2-9H,1H3,(H,17,18,20). The van der Waals surface area contributed by atoms with Crippen molar-refractivity contribution < 1.29 is 14.0 Å². The third kappa shape index (κ3) is 3.12. The van der Waals surface area contributed by atoms with Gasteiger partial charge in [0, 0.05) is 23.8 Å². The normalized spacial score (nSPS) is 11.1. The molecule has 0 spiro atoms. The van der Waals surface area contributed by atoms with Crippen molar-refractivity contribution in [3.8, 4) is 0 Å². The van der Waals surface area contributed by atoms with Crippen molar-refractivity contribution in [3.63, 3.8) is 0 Å². The molecule has 0 aliphatic heterocycles. The molecule has 0 saturated heterocycles. The van der Waals surface area contributed by atoms with E-state index >= 15 is 0 Å². The first-order chi connectivity index (χ1) is 10.6. The summed E-state index contributed by atoms with van der Waals surface area (Å²) in [4.78, 5) is 27.0. The number of nitrogens with one attached hydrogen (secondary N) is 1. The zero-order valence-electron chi connectivity index (χ0n) is 11.7. The van der Waals surface area contributed by atoms with Crippen LogP contribution in [0.2, 0.25) is 0 Å². The monoisotopic (exact) mass is 312 g/mol. The van der Waals surface area contributed by atoms with Gasteiger partial charge in [-0.05, 0) is 18.2 Å². The maximum atomic E-state index is 11.8. The number of benzene rings is 1. The van der Waals surface area contributed by atoms with Crippen LogP contribution in [0.25, 0.3) is 17.0 Å². The lowest BCUT2D eigenvalue weighted by molar-refractivity contribution is -0.111. The Labute approximate surface area is 130 Å². The van der Waals surface area contributed by atoms with Crippen molar-refractivity contribution >= 4 is 45.2 Å². The summed E-state index contributed by atoms with van der Waals surface area (Å²) in [5.41, 5.74) is 1.12. The second kappa shape index (κ2) is 5.95. The Balaban J connectivity index is 1.68. The highest BCUT2D eigenvalue weighted by Gasteiger charge is 2.07. The molecular weight excluding hydrogens is 300 g/mol. The Bertz CT molecular complexity index is 843. The third-order valence-corrected chi connectivity index (χ3v) is 3.70. The van der Waals surface area contributed by atoms with Gasteiger partial charge in [0.1, 0.15) is 17.0 Å². The number of ketones is 1. The number of thiazole rings is 1. The Morgan fingerprint density at radius 2 is 2.14 bits per heavy atom. The number of furan rings is 1. The third-order valence-electron chi connectivity index (χ3n) is 2.94. The summed E-state index contributed by atoms with van der Waals surface area (Å²) < 4.78 is 5.58. The van der Waals surface area contributed by atoms with Gasteiger partial charge in [-0.15, -0.1) is 11.3 Å². The number of anilines is 1. The predicted molar refractivity (Wildman–Crippen MR) is 86.0 cm³/mol. The van der Waals surface area contributed by atoms with Crippen molar-refractivity contribution in [3.05, 3.63) is 53.2 Å². The molecule has 0 bridgehead atoms. The minimum atomic E-state index is -0.329. The van der Waals surface area contributed by atoms with E-state index < -0.39 is 0 Å². The van der Waals surface area contributed by atoms with Gasteiger partial charge in [0.25, 0.3) is 0 Å². The maximum Gasteiger partial charge on any atom is 0.250 e. The first-order valence-corrected chi connectivity index (χ1v) is 7.44. The number of para-hydroxylation sites is 1. The molecule has 0 radical (unpaired) electrons. The molecule has 0 aliphatic rings. The van der Waals surface area contributed by atoms with Crippen molar-refractivity contribution in [2.45, 2.75) is 6.92 Å². The van der Waals surface area contributed by atoms with Crippen molar-refractivity contribution in [2.75, 3.05) is 5.32 Å². The first-order valence-electron chi connectivity index (χ1n) is 6.56. The highest BCUT2D eigenvalue weighted by atomic mass is 32.1. The molecule has 0 fully saturated rings. The molecule has 0 atom stereocenters. The van der Waals surface area contributed by atoms with Crippen LogP contribution < -0.4 is 5.32 Å². The molecule has 3 rings (SSSR count). The summed E-state index contributed by atoms with van der Waals surface area (Å²) in [6, 6.07) is 9.48. The summed E-state index contributed by atoms with van der Waals surface area (Å²) in [7, 11) is 0. The lowest BCUT2D eigenvalue weighted by Crippen LogP contribution is -2.07. The minimum Gasteiger partial charge on any atom is -0.457 e. The molecule has 1 amide bonds. The number of carbonyl (C=O) groups is 2. The number of nitrogens with zero attached hydrogens (tertiary/aromatic N) is 1. The number of amides is 1. The molecule has 1 aromatic carbocycles. The summed E-state index contributed by atoms with van der Waals surface area (Å²) in [5.74, 6) is 0.138. The second-order valence-electron chi connectivity index (χ2n) is 4.60. The van der Waals surface area contributed by atoms with E-state index in [-0.39, 0.29) is 11.7 Å². The van der Waals surface area contributed by atoms with E-state index in [4.69, 9.17) is 4.42 Å². The van der Waals surface area contributed by atoms with Gasteiger partial charge in [-0.2, -0.15) is 0 Å². The fraction of sp³-hybridized carbons (Fsp3) is 0.0625. The fourth-order valence-electron chi connectivity index (χ4n) is 1.88. The van der Waals surface area contributed by atoms with Gasteiger partial charge >= 0.3 is 0 Å². The van der Waals surface area contributed by atoms with Crippen molar-refractivity contribution in [1.29, 1.82) is 0 Å². The van der Waals surface area contributed by atoms with Crippen LogP contribution in [0.4, 0.5) is 5.13 Å². The summed E-state index contributed by atoms with van der Waals surface area (Å²) >= 11 is 1.21. The Morgan fingerprint density at radius 3 is 2.86 bits per heavy atom. The molecule has 2 heterocycles. The van der Waals surface area contributed by atoms with Gasteiger partial charge in [0.15, 0.2) is 10.9 Å². The topological polar surface area (TPSA) is 72.2 Å². The number of aromatic nitrogens is 1. The lowest BCUT2D eigenvalue weighted by Gasteiger charge is -1.94. The van der Waals surface area contributed by atoms with Gasteiger partial charge in [0.05, 0.1) is 0 Å². The molecule has 22 heavy (non-hydrogen) atoms. The zero-order valence-corrected chi connectivity index (χ0v) is 12.5. The molecule has 110 valence electrons. The SMILES string of the molecule is CC(=O)c1csc(NC(=O)C=Cc2cc3ccccc3o2)n1. The van der Waals surface area contributed by atoms with Crippen molar-refractivity contribution in [1.82, 2.24) is 4.98 Å². The van der Waals surface area contributed by atoms with E-state index in [9.17, 15) is 9.59 Å². The predicted octanol–water partition coefficient (Wildman–Crippen LogP) is 3.74. The van der Waals surface area contributed by atoms with E-state index in [0.717, 1.165) is 11.0 Å². The number of hydrogen-bond acceptors (Lipinski definition) is 5. The average Bonchev–Trinajstić information content (AvgIpc) is 3.11. The zero-order chi connectivity index (χ0) is 15.5. The molecule has 5 nitrogen and oxygen atoms in total. The van der Waals surface area contributed by atoms with Gasteiger partial charge < -0.3 is 4.42 Å². The van der Waals surface area contributed by atoms with Crippen LogP contribution in [-0.4, -0.2) is 16.7 Å². The molecule has 3 aromatic rings. The average molecular weight is 312 g/mol. The Morgan fingerprint density at radius 1 is 1.32 bits per heavy atom. The Hall–Kier alpha value is -2.73. The molecular formula is C16H12N2O3S. The molecule has 0 aliphatic carbocycles. The minimum absolute atomic E-state index is 0.130. The van der Waals surface area contributed by atoms with Crippen LogP contribution in [0, 0.1) is 0 Å². The second-order valence-corrected chi connectivity index (χ2v) is 5.46. The number of carbonyl (C=O) groups excluding carboxylic acids is 2. The number of rotatable bonds is 4. The van der Waals surface area contributed by atoms with E-state index in [1.807, 2.05) is 30.3 Å². The largest absolute Gasteiger partial charge is 0.457 e. The fourth-order valence-corrected chi connectivity index (χ4v) is 2.63. The van der Waals surface area contributed by atoms with Crippen LogP contribution in [0.15, 0.2) is 46.2 Å². The Kier molecular flexibility index (Phi) is 3.84.